The summed E-state index contributed by atoms with van der Waals surface area (Å²) in [6, 6.07) is 5.98. The van der Waals surface area contributed by atoms with Gasteiger partial charge in [0.15, 0.2) is 5.78 Å². The number of hydrogen-bond acceptors (Lipinski definition) is 5. The molecule has 1 aromatic rings. The zero-order chi connectivity index (χ0) is 16.9. The van der Waals surface area contributed by atoms with Crippen LogP contribution in [0.15, 0.2) is 18.2 Å². The molecule has 2 aliphatic heterocycles. The second-order valence-corrected chi connectivity index (χ2v) is 6.63. The first-order chi connectivity index (χ1) is 11.7. The molecule has 130 valence electrons. The summed E-state index contributed by atoms with van der Waals surface area (Å²) in [7, 11) is 0. The van der Waals surface area contributed by atoms with Crippen molar-refractivity contribution >= 4 is 17.4 Å². The average Bonchev–Trinajstić information content (AvgIpc) is 2.62. The van der Waals surface area contributed by atoms with Crippen molar-refractivity contribution in [2.24, 2.45) is 5.92 Å². The lowest BCUT2D eigenvalue weighted by Crippen LogP contribution is -2.39. The highest BCUT2D eigenvalue weighted by molar-refractivity contribution is 5.98. The maximum atomic E-state index is 12.6. The molecule has 2 heterocycles. The lowest BCUT2D eigenvalue weighted by atomic mass is 9.96. The number of ether oxygens (including phenoxy) is 1. The molecule has 0 aliphatic carbocycles. The zero-order valence-electron chi connectivity index (χ0n) is 14.3. The Morgan fingerprint density at radius 2 is 2.08 bits per heavy atom. The molecule has 0 atom stereocenters. The summed E-state index contributed by atoms with van der Waals surface area (Å²) in [4.78, 5) is 26.5. The Labute approximate surface area is 143 Å². The van der Waals surface area contributed by atoms with Crippen molar-refractivity contribution in [2.75, 3.05) is 38.1 Å². The van der Waals surface area contributed by atoms with Gasteiger partial charge in [0.25, 0.3) is 0 Å². The number of hydrogen-bond donors (Lipinski definition) is 1. The Morgan fingerprint density at radius 3 is 2.83 bits per heavy atom. The molecule has 2 aliphatic rings. The van der Waals surface area contributed by atoms with Crippen LogP contribution < -0.4 is 5.32 Å². The minimum atomic E-state index is -0.0920. The predicted molar refractivity (Wildman–Crippen MR) is 93.4 cm³/mol. The lowest BCUT2D eigenvalue weighted by Gasteiger charge is -2.30. The number of esters is 1. The van der Waals surface area contributed by atoms with E-state index in [4.69, 9.17) is 4.74 Å². The van der Waals surface area contributed by atoms with Crippen molar-refractivity contribution in [1.29, 1.82) is 0 Å². The quantitative estimate of drug-likeness (QED) is 0.664. The number of fused-ring (bicyclic) bond motifs is 1. The van der Waals surface area contributed by atoms with Crippen molar-refractivity contribution in [1.82, 2.24) is 4.90 Å². The second kappa shape index (κ2) is 7.79. The van der Waals surface area contributed by atoms with E-state index < -0.39 is 0 Å². The fourth-order valence-corrected chi connectivity index (χ4v) is 3.53. The molecule has 24 heavy (non-hydrogen) atoms. The Balaban J connectivity index is 1.53. The first-order valence-electron chi connectivity index (χ1n) is 8.96. The van der Waals surface area contributed by atoms with E-state index in [1.807, 2.05) is 25.1 Å². The van der Waals surface area contributed by atoms with Gasteiger partial charge in [-0.1, -0.05) is 0 Å². The average molecular weight is 330 g/mol. The number of piperidine rings is 1. The Morgan fingerprint density at radius 1 is 1.29 bits per heavy atom. The van der Waals surface area contributed by atoms with Gasteiger partial charge < -0.3 is 10.1 Å². The van der Waals surface area contributed by atoms with Crippen LogP contribution in [0.5, 0.6) is 0 Å². The van der Waals surface area contributed by atoms with Gasteiger partial charge in [0.05, 0.1) is 19.1 Å². The van der Waals surface area contributed by atoms with Gasteiger partial charge in [-0.25, -0.2) is 0 Å². The van der Waals surface area contributed by atoms with E-state index in [1.165, 1.54) is 5.56 Å². The molecule has 1 fully saturated rings. The minimum absolute atomic E-state index is 0.00822. The van der Waals surface area contributed by atoms with E-state index in [9.17, 15) is 9.59 Å². The molecule has 0 radical (unpaired) electrons. The number of carbonyl (C=O) groups excluding carboxylic acids is 2. The van der Waals surface area contributed by atoms with E-state index in [1.54, 1.807) is 0 Å². The van der Waals surface area contributed by atoms with Gasteiger partial charge in [-0.15, -0.1) is 0 Å². The highest BCUT2D eigenvalue weighted by atomic mass is 16.5. The molecule has 0 spiro atoms. The van der Waals surface area contributed by atoms with Gasteiger partial charge in [-0.05, 0) is 69.5 Å². The fourth-order valence-electron chi connectivity index (χ4n) is 3.53. The third kappa shape index (κ3) is 3.96. The lowest BCUT2D eigenvalue weighted by molar-refractivity contribution is -0.149. The van der Waals surface area contributed by atoms with Gasteiger partial charge in [-0.3, -0.25) is 14.5 Å². The monoisotopic (exact) mass is 330 g/mol. The van der Waals surface area contributed by atoms with E-state index in [0.29, 0.717) is 13.2 Å². The number of nitrogens with zero attached hydrogens (tertiary/aromatic N) is 1. The number of aryl methyl sites for hydroxylation is 1. The highest BCUT2D eigenvalue weighted by Crippen LogP contribution is 2.24. The van der Waals surface area contributed by atoms with Gasteiger partial charge in [0.1, 0.15) is 0 Å². The van der Waals surface area contributed by atoms with Gasteiger partial charge in [-0.2, -0.15) is 0 Å². The minimum Gasteiger partial charge on any atom is -0.466 e. The van der Waals surface area contributed by atoms with E-state index in [-0.39, 0.29) is 17.7 Å². The molecule has 1 saturated heterocycles. The normalized spacial score (nSPS) is 18.5. The maximum Gasteiger partial charge on any atom is 0.309 e. The third-order valence-electron chi connectivity index (χ3n) is 4.94. The number of carbonyl (C=O) groups is 2. The predicted octanol–water partition coefficient (Wildman–Crippen LogP) is 2.50. The van der Waals surface area contributed by atoms with E-state index in [2.05, 4.69) is 10.2 Å². The van der Waals surface area contributed by atoms with Crippen LogP contribution >= 0.6 is 0 Å². The molecular formula is C19H26N2O3. The van der Waals surface area contributed by atoms with Gasteiger partial charge in [0, 0.05) is 17.8 Å². The van der Waals surface area contributed by atoms with Crippen LogP contribution in [-0.4, -0.2) is 49.4 Å². The molecule has 5 heteroatoms. The molecule has 5 nitrogen and oxygen atoms in total. The number of Topliss-reactive ketones (excluding diaryl/α,β-unsaturated/α-hetero) is 1. The van der Waals surface area contributed by atoms with E-state index in [0.717, 1.165) is 56.6 Å². The van der Waals surface area contributed by atoms with Crippen LogP contribution in [0.1, 0.15) is 42.1 Å². The van der Waals surface area contributed by atoms with Crippen molar-refractivity contribution < 1.29 is 14.3 Å². The topological polar surface area (TPSA) is 58.6 Å². The standard InChI is InChI=1S/C19H26N2O3/c1-2-24-19(23)14-7-10-21(11-8-14)13-18(22)16-5-6-17-15(12-16)4-3-9-20-17/h5-6,12,14,20H,2-4,7-11,13H2,1H3. The summed E-state index contributed by atoms with van der Waals surface area (Å²) in [6.07, 6.45) is 3.71. The van der Waals surface area contributed by atoms with Gasteiger partial charge in [0.2, 0.25) is 0 Å². The maximum absolute atomic E-state index is 12.6. The van der Waals surface area contributed by atoms with Crippen molar-refractivity contribution in [2.45, 2.75) is 32.6 Å². The SMILES string of the molecule is CCOC(=O)C1CCN(CC(=O)c2ccc3c(c2)CCCN3)CC1. The summed E-state index contributed by atoms with van der Waals surface area (Å²) in [6.45, 7) is 5.27. The van der Waals surface area contributed by atoms with Crippen LogP contribution in [0.2, 0.25) is 0 Å². The van der Waals surface area contributed by atoms with E-state index >= 15 is 0 Å². The molecule has 0 aromatic heterocycles. The Kier molecular flexibility index (Phi) is 5.51. The molecule has 1 N–H and O–H groups in total. The number of ketones is 1. The summed E-state index contributed by atoms with van der Waals surface area (Å²) in [5.41, 5.74) is 3.20. The van der Waals surface area contributed by atoms with Crippen LogP contribution in [0, 0.1) is 5.92 Å². The largest absolute Gasteiger partial charge is 0.466 e. The first kappa shape index (κ1) is 17.0. The number of benzene rings is 1. The number of likely N-dealkylation sites (tertiary alicyclic amines) is 1. The zero-order valence-corrected chi connectivity index (χ0v) is 14.3. The molecule has 0 amide bonds. The molecule has 1 aromatic carbocycles. The summed E-state index contributed by atoms with van der Waals surface area (Å²) >= 11 is 0. The van der Waals surface area contributed by atoms with Crippen LogP contribution in [0.3, 0.4) is 0 Å². The van der Waals surface area contributed by atoms with Crippen molar-refractivity contribution in [3.05, 3.63) is 29.3 Å². The third-order valence-corrected chi connectivity index (χ3v) is 4.94. The highest BCUT2D eigenvalue weighted by Gasteiger charge is 2.27. The van der Waals surface area contributed by atoms with Crippen LogP contribution in [0.4, 0.5) is 5.69 Å². The van der Waals surface area contributed by atoms with Crippen molar-refractivity contribution in [3.8, 4) is 0 Å². The number of anilines is 1. The molecule has 0 bridgehead atoms. The van der Waals surface area contributed by atoms with Crippen LogP contribution in [-0.2, 0) is 16.0 Å². The summed E-state index contributed by atoms with van der Waals surface area (Å²) < 4.78 is 5.09. The summed E-state index contributed by atoms with van der Waals surface area (Å²) in [5, 5.41) is 3.37. The molecule has 3 rings (SSSR count). The van der Waals surface area contributed by atoms with Crippen molar-refractivity contribution in [3.63, 3.8) is 0 Å². The smallest absolute Gasteiger partial charge is 0.309 e. The summed E-state index contributed by atoms with van der Waals surface area (Å²) in [5.74, 6) is 0.0646. The molecule has 0 saturated carbocycles. The second-order valence-electron chi connectivity index (χ2n) is 6.63. The number of nitrogens with one attached hydrogen (secondary N) is 1. The first-order valence-corrected chi connectivity index (χ1v) is 8.96. The fraction of sp³-hybridized carbons (Fsp3) is 0.579. The molecular weight excluding hydrogens is 304 g/mol. The van der Waals surface area contributed by atoms with Crippen LogP contribution in [0.25, 0.3) is 0 Å². The Bertz CT molecular complexity index is 607. The molecule has 0 unspecified atom stereocenters. The van der Waals surface area contributed by atoms with Gasteiger partial charge >= 0.3 is 5.97 Å². The Hall–Kier alpha value is -1.88. The number of rotatable bonds is 5.